The first-order chi connectivity index (χ1) is 12.8. The monoisotopic (exact) mass is 364 g/mol. The molecule has 140 valence electrons. The van der Waals surface area contributed by atoms with Gasteiger partial charge in [-0.1, -0.05) is 26.0 Å². The van der Waals surface area contributed by atoms with Crippen molar-refractivity contribution in [1.82, 2.24) is 0 Å². The molecule has 0 radical (unpaired) electrons. The van der Waals surface area contributed by atoms with Gasteiger partial charge in [0.15, 0.2) is 0 Å². The number of phenols is 1. The van der Waals surface area contributed by atoms with E-state index in [0.717, 1.165) is 28.1 Å². The maximum absolute atomic E-state index is 12.5. The molecular weight excluding hydrogens is 340 g/mol. The molecule has 1 amide bonds. The SMILES string of the molecule is COc1ccc(C=C2C(=O)N=C(C)N2c2cc(C(C)C)c(O)cc2C)cc1. The molecule has 2 aromatic rings. The Morgan fingerprint density at radius 2 is 1.81 bits per heavy atom. The molecule has 1 aliphatic rings. The van der Waals surface area contributed by atoms with Crippen LogP contribution < -0.4 is 9.64 Å². The Hall–Kier alpha value is -3.08. The van der Waals surface area contributed by atoms with E-state index in [1.54, 1.807) is 13.2 Å². The molecule has 0 unspecified atom stereocenters. The van der Waals surface area contributed by atoms with Crippen molar-refractivity contribution in [2.75, 3.05) is 12.0 Å². The standard InChI is InChI=1S/C22H24N2O3/c1-13(2)18-12-19(14(3)10-21(18)25)24-15(4)23-22(26)20(24)11-16-6-8-17(27-5)9-7-16/h6-13,25H,1-5H3. The maximum atomic E-state index is 12.5. The third kappa shape index (κ3) is 3.58. The summed E-state index contributed by atoms with van der Waals surface area (Å²) in [5.74, 6) is 1.53. The molecule has 0 fully saturated rings. The first-order valence-electron chi connectivity index (χ1n) is 8.90. The van der Waals surface area contributed by atoms with Crippen LogP contribution in [0.15, 0.2) is 47.1 Å². The predicted molar refractivity (Wildman–Crippen MR) is 108 cm³/mol. The van der Waals surface area contributed by atoms with Gasteiger partial charge in [0, 0.05) is 0 Å². The minimum atomic E-state index is -0.276. The number of hydrogen-bond donors (Lipinski definition) is 1. The van der Waals surface area contributed by atoms with Gasteiger partial charge >= 0.3 is 0 Å². The summed E-state index contributed by atoms with van der Waals surface area (Å²) in [6, 6.07) is 11.2. The molecule has 0 saturated carbocycles. The number of nitrogens with zero attached hydrogens (tertiary/aromatic N) is 2. The van der Waals surface area contributed by atoms with E-state index < -0.39 is 0 Å². The Morgan fingerprint density at radius 1 is 1.15 bits per heavy atom. The number of rotatable bonds is 4. The third-order valence-corrected chi connectivity index (χ3v) is 4.67. The van der Waals surface area contributed by atoms with E-state index in [9.17, 15) is 9.90 Å². The molecule has 5 heteroatoms. The van der Waals surface area contributed by atoms with Crippen LogP contribution in [0.1, 0.15) is 43.4 Å². The number of ether oxygens (including phenoxy) is 1. The quantitative estimate of drug-likeness (QED) is 0.803. The molecule has 0 aromatic heterocycles. The molecule has 0 aliphatic carbocycles. The Morgan fingerprint density at radius 3 is 2.41 bits per heavy atom. The minimum Gasteiger partial charge on any atom is -0.508 e. The number of hydrogen-bond acceptors (Lipinski definition) is 4. The zero-order valence-corrected chi connectivity index (χ0v) is 16.3. The van der Waals surface area contributed by atoms with Crippen molar-refractivity contribution in [2.24, 2.45) is 4.99 Å². The molecule has 1 aliphatic heterocycles. The highest BCUT2D eigenvalue weighted by molar-refractivity contribution is 6.22. The predicted octanol–water partition coefficient (Wildman–Crippen LogP) is 4.64. The summed E-state index contributed by atoms with van der Waals surface area (Å²) in [6.45, 7) is 7.78. The summed E-state index contributed by atoms with van der Waals surface area (Å²) < 4.78 is 5.19. The number of amides is 1. The lowest BCUT2D eigenvalue weighted by molar-refractivity contribution is -0.113. The van der Waals surface area contributed by atoms with Gasteiger partial charge in [0.2, 0.25) is 0 Å². The summed E-state index contributed by atoms with van der Waals surface area (Å²) in [5.41, 5.74) is 3.94. The number of carbonyl (C=O) groups excluding carboxylic acids is 1. The fraction of sp³-hybridized carbons (Fsp3) is 0.273. The van der Waals surface area contributed by atoms with Crippen molar-refractivity contribution < 1.29 is 14.6 Å². The van der Waals surface area contributed by atoms with Crippen LogP contribution in [-0.4, -0.2) is 24.0 Å². The van der Waals surface area contributed by atoms with Crippen LogP contribution in [0.25, 0.3) is 6.08 Å². The molecule has 0 bridgehead atoms. The van der Waals surface area contributed by atoms with Crippen molar-refractivity contribution in [1.29, 1.82) is 0 Å². The first kappa shape index (κ1) is 18.7. The summed E-state index contributed by atoms with van der Waals surface area (Å²) in [5, 5.41) is 10.3. The van der Waals surface area contributed by atoms with Gasteiger partial charge in [-0.15, -0.1) is 0 Å². The van der Waals surface area contributed by atoms with Crippen molar-refractivity contribution in [3.05, 3.63) is 58.8 Å². The number of methoxy groups -OCH3 is 1. The Balaban J connectivity index is 2.09. The second kappa shape index (κ2) is 7.27. The topological polar surface area (TPSA) is 62.1 Å². The number of phenolic OH excluding ortho intramolecular Hbond substituents is 1. The average Bonchev–Trinajstić information content (AvgIpc) is 2.89. The number of aromatic hydroxyl groups is 1. The second-order valence-electron chi connectivity index (χ2n) is 6.95. The number of anilines is 1. The van der Waals surface area contributed by atoms with E-state index in [4.69, 9.17) is 4.74 Å². The first-order valence-corrected chi connectivity index (χ1v) is 8.90. The van der Waals surface area contributed by atoms with Gasteiger partial charge in [0.05, 0.1) is 12.8 Å². The number of aliphatic imine (C=N–C) groups is 1. The van der Waals surface area contributed by atoms with E-state index in [-0.39, 0.29) is 17.6 Å². The van der Waals surface area contributed by atoms with Crippen LogP contribution in [0, 0.1) is 6.92 Å². The van der Waals surface area contributed by atoms with Gasteiger partial charge < -0.3 is 9.84 Å². The van der Waals surface area contributed by atoms with Crippen LogP contribution in [-0.2, 0) is 4.79 Å². The smallest absolute Gasteiger partial charge is 0.295 e. The normalized spacial score (nSPS) is 15.6. The van der Waals surface area contributed by atoms with E-state index in [1.165, 1.54) is 0 Å². The van der Waals surface area contributed by atoms with Crippen molar-refractivity contribution in [3.63, 3.8) is 0 Å². The summed E-state index contributed by atoms with van der Waals surface area (Å²) >= 11 is 0. The lowest BCUT2D eigenvalue weighted by Crippen LogP contribution is -2.25. The zero-order chi connectivity index (χ0) is 19.7. The summed E-state index contributed by atoms with van der Waals surface area (Å²) in [4.78, 5) is 18.5. The van der Waals surface area contributed by atoms with E-state index >= 15 is 0 Å². The zero-order valence-electron chi connectivity index (χ0n) is 16.3. The second-order valence-corrected chi connectivity index (χ2v) is 6.95. The number of benzene rings is 2. The average molecular weight is 364 g/mol. The fourth-order valence-corrected chi connectivity index (χ4v) is 3.21. The van der Waals surface area contributed by atoms with Crippen LogP contribution in [0.2, 0.25) is 0 Å². The Bertz CT molecular complexity index is 941. The molecular formula is C22H24N2O3. The van der Waals surface area contributed by atoms with Crippen LogP contribution in [0.4, 0.5) is 5.69 Å². The van der Waals surface area contributed by atoms with Gasteiger partial charge in [-0.05, 0) is 66.8 Å². The molecule has 3 rings (SSSR count). The van der Waals surface area contributed by atoms with Crippen LogP contribution in [0.5, 0.6) is 11.5 Å². The fourth-order valence-electron chi connectivity index (χ4n) is 3.21. The summed E-state index contributed by atoms with van der Waals surface area (Å²) in [7, 11) is 1.62. The summed E-state index contributed by atoms with van der Waals surface area (Å²) in [6.07, 6.45) is 1.82. The molecule has 1 heterocycles. The minimum absolute atomic E-state index is 0.161. The molecule has 5 nitrogen and oxygen atoms in total. The number of amidine groups is 1. The molecule has 2 aromatic carbocycles. The largest absolute Gasteiger partial charge is 0.508 e. The molecule has 27 heavy (non-hydrogen) atoms. The molecule has 0 saturated heterocycles. The number of aryl methyl sites for hydroxylation is 1. The lowest BCUT2D eigenvalue weighted by atomic mass is 9.98. The highest BCUT2D eigenvalue weighted by Gasteiger charge is 2.30. The van der Waals surface area contributed by atoms with Gasteiger partial charge in [-0.25, -0.2) is 0 Å². The highest BCUT2D eigenvalue weighted by Crippen LogP contribution is 2.36. The maximum Gasteiger partial charge on any atom is 0.295 e. The lowest BCUT2D eigenvalue weighted by Gasteiger charge is -2.24. The molecule has 0 spiro atoms. The third-order valence-electron chi connectivity index (χ3n) is 4.67. The van der Waals surface area contributed by atoms with Crippen LogP contribution in [0.3, 0.4) is 0 Å². The van der Waals surface area contributed by atoms with Gasteiger partial charge in [0.25, 0.3) is 5.91 Å². The Labute approximate surface area is 159 Å². The van der Waals surface area contributed by atoms with Crippen molar-refractivity contribution in [3.8, 4) is 11.5 Å². The number of carbonyl (C=O) groups is 1. The van der Waals surface area contributed by atoms with E-state index in [0.29, 0.717) is 11.5 Å². The van der Waals surface area contributed by atoms with Gasteiger partial charge in [0.1, 0.15) is 23.0 Å². The highest BCUT2D eigenvalue weighted by atomic mass is 16.5. The van der Waals surface area contributed by atoms with E-state index in [1.807, 2.05) is 69.0 Å². The molecule has 1 N–H and O–H groups in total. The molecule has 0 atom stereocenters. The van der Waals surface area contributed by atoms with Crippen molar-refractivity contribution >= 4 is 23.5 Å². The van der Waals surface area contributed by atoms with Gasteiger partial charge in [-0.3, -0.25) is 9.69 Å². The Kier molecular flexibility index (Phi) is 5.04. The van der Waals surface area contributed by atoms with Crippen molar-refractivity contribution in [2.45, 2.75) is 33.6 Å². The van der Waals surface area contributed by atoms with E-state index in [2.05, 4.69) is 4.99 Å². The van der Waals surface area contributed by atoms with Gasteiger partial charge in [-0.2, -0.15) is 4.99 Å². The van der Waals surface area contributed by atoms with Crippen LogP contribution >= 0.6 is 0 Å².